The number of anilines is 6. The summed E-state index contributed by atoms with van der Waals surface area (Å²) in [4.78, 5) is 0. The van der Waals surface area contributed by atoms with Crippen LogP contribution in [-0.2, 0) is 0 Å². The van der Waals surface area contributed by atoms with Crippen LogP contribution in [0.3, 0.4) is 0 Å². The molecule has 5 aromatic rings. The number of para-hydroxylation sites is 2. The van der Waals surface area contributed by atoms with Gasteiger partial charge in [0.25, 0.3) is 0 Å². The molecule has 0 spiro atoms. The SMILES string of the molecule is Cc1cc(Nc2ccc(Nc3ccccc3)cc2)ccc1-c1ccc(Nc2ccccc2)cc1. The first-order valence-corrected chi connectivity index (χ1v) is 11.5. The molecule has 3 nitrogen and oxygen atoms in total. The zero-order chi connectivity index (χ0) is 23.2. The Morgan fingerprint density at radius 3 is 1.24 bits per heavy atom. The molecule has 0 unspecified atom stereocenters. The summed E-state index contributed by atoms with van der Waals surface area (Å²) in [6.07, 6.45) is 0. The van der Waals surface area contributed by atoms with Gasteiger partial charge < -0.3 is 16.0 Å². The first kappa shape index (κ1) is 21.4. The van der Waals surface area contributed by atoms with Gasteiger partial charge in [0.2, 0.25) is 0 Å². The zero-order valence-corrected chi connectivity index (χ0v) is 19.1. The molecule has 0 saturated carbocycles. The van der Waals surface area contributed by atoms with Crippen LogP contribution in [0.2, 0.25) is 0 Å². The zero-order valence-electron chi connectivity index (χ0n) is 19.1. The van der Waals surface area contributed by atoms with E-state index in [4.69, 9.17) is 0 Å². The first-order chi connectivity index (χ1) is 16.7. The van der Waals surface area contributed by atoms with Crippen LogP contribution in [0.5, 0.6) is 0 Å². The van der Waals surface area contributed by atoms with Crippen molar-refractivity contribution >= 4 is 34.1 Å². The molecular formula is C31H27N3. The van der Waals surface area contributed by atoms with Crippen molar-refractivity contribution in [3.05, 3.63) is 133 Å². The molecule has 0 bridgehead atoms. The van der Waals surface area contributed by atoms with E-state index < -0.39 is 0 Å². The molecule has 0 atom stereocenters. The van der Waals surface area contributed by atoms with Gasteiger partial charge in [0, 0.05) is 34.1 Å². The van der Waals surface area contributed by atoms with Gasteiger partial charge in [-0.15, -0.1) is 0 Å². The van der Waals surface area contributed by atoms with Crippen molar-refractivity contribution in [3.8, 4) is 11.1 Å². The van der Waals surface area contributed by atoms with Crippen LogP contribution in [-0.4, -0.2) is 0 Å². The van der Waals surface area contributed by atoms with Crippen molar-refractivity contribution < 1.29 is 0 Å². The lowest BCUT2D eigenvalue weighted by atomic mass is 9.99. The highest BCUT2D eigenvalue weighted by Crippen LogP contribution is 2.29. The number of hydrogen-bond acceptors (Lipinski definition) is 3. The predicted molar refractivity (Wildman–Crippen MR) is 146 cm³/mol. The van der Waals surface area contributed by atoms with Gasteiger partial charge in [-0.1, -0.05) is 54.6 Å². The van der Waals surface area contributed by atoms with Gasteiger partial charge in [-0.25, -0.2) is 0 Å². The Morgan fingerprint density at radius 2 is 0.765 bits per heavy atom. The number of aryl methyl sites for hydroxylation is 1. The summed E-state index contributed by atoms with van der Waals surface area (Å²) in [5.41, 5.74) is 10.1. The van der Waals surface area contributed by atoms with Crippen LogP contribution in [0.1, 0.15) is 5.56 Å². The normalized spacial score (nSPS) is 10.5. The van der Waals surface area contributed by atoms with Crippen molar-refractivity contribution in [1.29, 1.82) is 0 Å². The van der Waals surface area contributed by atoms with Crippen molar-refractivity contribution in [2.24, 2.45) is 0 Å². The average molecular weight is 442 g/mol. The van der Waals surface area contributed by atoms with E-state index in [-0.39, 0.29) is 0 Å². The second kappa shape index (κ2) is 9.97. The lowest BCUT2D eigenvalue weighted by molar-refractivity contribution is 1.43. The summed E-state index contributed by atoms with van der Waals surface area (Å²) in [5, 5.41) is 10.4. The summed E-state index contributed by atoms with van der Waals surface area (Å²) in [5.74, 6) is 0. The van der Waals surface area contributed by atoms with E-state index in [2.05, 4.69) is 114 Å². The topological polar surface area (TPSA) is 36.1 Å². The molecule has 0 heterocycles. The predicted octanol–water partition coefficient (Wildman–Crippen LogP) is 8.89. The van der Waals surface area contributed by atoms with Crippen LogP contribution >= 0.6 is 0 Å². The highest BCUT2D eigenvalue weighted by molar-refractivity contribution is 5.74. The fraction of sp³-hybridized carbons (Fsp3) is 0.0323. The molecule has 0 aliphatic carbocycles. The first-order valence-electron chi connectivity index (χ1n) is 11.5. The van der Waals surface area contributed by atoms with Crippen molar-refractivity contribution in [3.63, 3.8) is 0 Å². The Labute approximate surface area is 201 Å². The molecule has 166 valence electrons. The maximum atomic E-state index is 3.51. The second-order valence-electron chi connectivity index (χ2n) is 8.29. The van der Waals surface area contributed by atoms with Gasteiger partial charge in [0.1, 0.15) is 0 Å². The van der Waals surface area contributed by atoms with Gasteiger partial charge in [0.05, 0.1) is 0 Å². The highest BCUT2D eigenvalue weighted by Gasteiger charge is 2.05. The average Bonchev–Trinajstić information content (AvgIpc) is 2.87. The van der Waals surface area contributed by atoms with Gasteiger partial charge in [0.15, 0.2) is 0 Å². The van der Waals surface area contributed by atoms with Crippen LogP contribution < -0.4 is 16.0 Å². The molecule has 0 aliphatic heterocycles. The fourth-order valence-electron chi connectivity index (χ4n) is 3.98. The van der Waals surface area contributed by atoms with E-state index in [0.717, 1.165) is 34.1 Å². The fourth-order valence-corrected chi connectivity index (χ4v) is 3.98. The minimum atomic E-state index is 1.06. The third-order valence-corrected chi connectivity index (χ3v) is 5.72. The summed E-state index contributed by atoms with van der Waals surface area (Å²) in [6, 6.07) is 43.9. The van der Waals surface area contributed by atoms with Gasteiger partial charge in [-0.05, 0) is 96.4 Å². The van der Waals surface area contributed by atoms with Crippen LogP contribution in [0.25, 0.3) is 11.1 Å². The molecule has 3 heteroatoms. The maximum Gasteiger partial charge on any atom is 0.0387 e. The molecule has 5 aromatic carbocycles. The number of rotatable bonds is 7. The van der Waals surface area contributed by atoms with E-state index in [1.54, 1.807) is 0 Å². The molecule has 0 aromatic heterocycles. The summed E-state index contributed by atoms with van der Waals surface area (Å²) in [6.45, 7) is 2.16. The molecule has 0 radical (unpaired) electrons. The largest absolute Gasteiger partial charge is 0.356 e. The quantitative estimate of drug-likeness (QED) is 0.236. The molecule has 0 fully saturated rings. The van der Waals surface area contributed by atoms with E-state index >= 15 is 0 Å². The summed E-state index contributed by atoms with van der Waals surface area (Å²) in [7, 11) is 0. The van der Waals surface area contributed by atoms with Crippen molar-refractivity contribution in [1.82, 2.24) is 0 Å². The van der Waals surface area contributed by atoms with Gasteiger partial charge >= 0.3 is 0 Å². The Kier molecular flexibility index (Phi) is 6.26. The Hall–Kier alpha value is -4.50. The minimum Gasteiger partial charge on any atom is -0.356 e. The third kappa shape index (κ3) is 5.28. The maximum absolute atomic E-state index is 3.51. The molecule has 3 N–H and O–H groups in total. The van der Waals surface area contributed by atoms with Crippen LogP contribution in [0.15, 0.2) is 127 Å². The van der Waals surface area contributed by atoms with Crippen LogP contribution in [0.4, 0.5) is 34.1 Å². The lowest BCUT2D eigenvalue weighted by Gasteiger charge is -2.13. The summed E-state index contributed by atoms with van der Waals surface area (Å²) >= 11 is 0. The Morgan fingerprint density at radius 1 is 0.382 bits per heavy atom. The molecule has 0 saturated heterocycles. The monoisotopic (exact) mass is 441 g/mol. The van der Waals surface area contributed by atoms with E-state index in [9.17, 15) is 0 Å². The third-order valence-electron chi connectivity index (χ3n) is 5.72. The van der Waals surface area contributed by atoms with Crippen molar-refractivity contribution in [2.45, 2.75) is 6.92 Å². The second-order valence-corrected chi connectivity index (χ2v) is 8.29. The molecular weight excluding hydrogens is 414 g/mol. The minimum absolute atomic E-state index is 1.06. The molecule has 34 heavy (non-hydrogen) atoms. The molecule has 0 aliphatic rings. The standard InChI is InChI=1S/C31H27N3/c1-23-22-30(34-29-18-16-28(17-19-29)33-26-10-6-3-7-11-26)20-21-31(23)24-12-14-27(15-13-24)32-25-8-4-2-5-9-25/h2-22,32-34H,1H3. The lowest BCUT2D eigenvalue weighted by Crippen LogP contribution is -1.94. The highest BCUT2D eigenvalue weighted by atomic mass is 14.9. The van der Waals surface area contributed by atoms with Gasteiger partial charge in [-0.3, -0.25) is 0 Å². The van der Waals surface area contributed by atoms with E-state index in [1.165, 1.54) is 16.7 Å². The van der Waals surface area contributed by atoms with E-state index in [1.807, 2.05) is 36.4 Å². The van der Waals surface area contributed by atoms with Gasteiger partial charge in [-0.2, -0.15) is 0 Å². The number of nitrogens with one attached hydrogen (secondary N) is 3. The molecule has 0 amide bonds. The Balaban J connectivity index is 1.25. The summed E-state index contributed by atoms with van der Waals surface area (Å²) < 4.78 is 0. The smallest absolute Gasteiger partial charge is 0.0387 e. The van der Waals surface area contributed by atoms with Crippen molar-refractivity contribution in [2.75, 3.05) is 16.0 Å². The number of benzene rings is 5. The Bertz CT molecular complexity index is 1340. The van der Waals surface area contributed by atoms with Crippen LogP contribution in [0, 0.1) is 6.92 Å². The number of hydrogen-bond donors (Lipinski definition) is 3. The van der Waals surface area contributed by atoms with E-state index in [0.29, 0.717) is 0 Å². The molecule has 5 rings (SSSR count).